The van der Waals surface area contributed by atoms with Crippen LogP contribution in [0.3, 0.4) is 0 Å². The highest BCUT2D eigenvalue weighted by atomic mass is 32.1. The number of carbonyl (C=O) groups excluding carboxylic acids is 1. The minimum atomic E-state index is -0.0679. The molecule has 2 aliphatic rings. The van der Waals surface area contributed by atoms with E-state index in [1.54, 1.807) is 0 Å². The van der Waals surface area contributed by atoms with Gasteiger partial charge in [-0.3, -0.25) is 9.78 Å². The molecule has 7 heteroatoms. The average molecular weight is 474 g/mol. The van der Waals surface area contributed by atoms with Crippen LogP contribution in [0.2, 0.25) is 0 Å². The summed E-state index contributed by atoms with van der Waals surface area (Å²) in [4.78, 5) is 19.6. The number of benzene rings is 1. The number of nitrogens with one attached hydrogen (secondary N) is 2. The number of aryl methyl sites for hydroxylation is 2. The van der Waals surface area contributed by atoms with Crippen molar-refractivity contribution >= 4 is 28.9 Å². The van der Waals surface area contributed by atoms with Crippen LogP contribution in [0.5, 0.6) is 0 Å². The molecular formula is C27H31N5OS. The fraction of sp³-hybridized carbons (Fsp3) is 0.370. The Kier molecular flexibility index (Phi) is 6.13. The van der Waals surface area contributed by atoms with Gasteiger partial charge in [0.25, 0.3) is 0 Å². The quantitative estimate of drug-likeness (QED) is 0.465. The largest absolute Gasteiger partial charge is 0.352 e. The molecule has 1 aromatic carbocycles. The lowest BCUT2D eigenvalue weighted by atomic mass is 9.96. The maximum atomic E-state index is 12.8. The Hall–Kier alpha value is -3.19. The Morgan fingerprint density at radius 1 is 1.15 bits per heavy atom. The molecule has 176 valence electrons. The first-order chi connectivity index (χ1) is 16.4. The van der Waals surface area contributed by atoms with Crippen LogP contribution >= 0.6 is 12.2 Å². The number of pyridine rings is 1. The molecule has 2 aromatic heterocycles. The summed E-state index contributed by atoms with van der Waals surface area (Å²) in [5, 5.41) is 7.19. The molecule has 1 aliphatic carbocycles. The zero-order valence-electron chi connectivity index (χ0n) is 19.9. The first-order valence-electron chi connectivity index (χ1n) is 12.0. The van der Waals surface area contributed by atoms with Crippen molar-refractivity contribution in [3.8, 4) is 0 Å². The van der Waals surface area contributed by atoms with E-state index in [9.17, 15) is 4.79 Å². The highest BCUT2D eigenvalue weighted by Gasteiger charge is 2.42. The number of nitrogens with zero attached hydrogens (tertiary/aromatic N) is 3. The van der Waals surface area contributed by atoms with Crippen molar-refractivity contribution in [1.29, 1.82) is 0 Å². The predicted molar refractivity (Wildman–Crippen MR) is 139 cm³/mol. The second kappa shape index (κ2) is 9.22. The van der Waals surface area contributed by atoms with Gasteiger partial charge in [0.2, 0.25) is 5.91 Å². The molecule has 2 N–H and O–H groups in total. The van der Waals surface area contributed by atoms with Gasteiger partial charge in [-0.15, -0.1) is 0 Å². The van der Waals surface area contributed by atoms with Crippen LogP contribution in [0.4, 0.5) is 5.69 Å². The van der Waals surface area contributed by atoms with Gasteiger partial charge in [0, 0.05) is 42.3 Å². The molecule has 1 amide bonds. The van der Waals surface area contributed by atoms with Crippen molar-refractivity contribution in [1.82, 2.24) is 19.8 Å². The lowest BCUT2D eigenvalue weighted by Crippen LogP contribution is -2.32. The minimum Gasteiger partial charge on any atom is -0.352 e. The van der Waals surface area contributed by atoms with Gasteiger partial charge in [0.05, 0.1) is 17.8 Å². The van der Waals surface area contributed by atoms with Crippen molar-refractivity contribution in [3.05, 3.63) is 82.9 Å². The third-order valence-corrected chi connectivity index (χ3v) is 7.19. The van der Waals surface area contributed by atoms with E-state index in [2.05, 4.69) is 45.0 Å². The Morgan fingerprint density at radius 3 is 2.68 bits per heavy atom. The first-order valence-corrected chi connectivity index (χ1v) is 12.4. The maximum absolute atomic E-state index is 12.8. The molecule has 0 unspecified atom stereocenters. The van der Waals surface area contributed by atoms with Crippen LogP contribution in [-0.2, 0) is 4.79 Å². The number of rotatable bonds is 7. The number of thiocarbonyl (C=S) groups is 1. The van der Waals surface area contributed by atoms with E-state index in [-0.39, 0.29) is 18.0 Å². The molecule has 2 fully saturated rings. The average Bonchev–Trinajstić information content (AvgIpc) is 3.53. The van der Waals surface area contributed by atoms with E-state index in [1.165, 1.54) is 29.8 Å². The summed E-state index contributed by atoms with van der Waals surface area (Å²) in [7, 11) is 0. The van der Waals surface area contributed by atoms with Crippen LogP contribution in [0.25, 0.3) is 0 Å². The molecule has 2 atom stereocenters. The van der Waals surface area contributed by atoms with E-state index in [1.807, 2.05) is 55.6 Å². The second-order valence-electron chi connectivity index (χ2n) is 9.42. The Bertz CT molecular complexity index is 1220. The summed E-state index contributed by atoms with van der Waals surface area (Å²) in [6, 6.07) is 16.7. The number of aromatic nitrogens is 2. The van der Waals surface area contributed by atoms with Crippen LogP contribution in [0, 0.1) is 20.8 Å². The lowest BCUT2D eigenvalue weighted by Gasteiger charge is -2.28. The summed E-state index contributed by atoms with van der Waals surface area (Å²) < 4.78 is 2.47. The van der Waals surface area contributed by atoms with Gasteiger partial charge < -0.3 is 20.1 Å². The minimum absolute atomic E-state index is 0.0168. The topological polar surface area (TPSA) is 62.2 Å². The SMILES string of the molecule is Cc1cccc(NC(=O)CCN2C(=S)N[C@@H](c3ccccn3)[C@@H]2c2cc(C)n(C3CC3)c2C)c1. The Labute approximate surface area is 206 Å². The number of hydrogen-bond donors (Lipinski definition) is 2. The van der Waals surface area contributed by atoms with Crippen LogP contribution in [-0.4, -0.2) is 32.0 Å². The molecule has 3 heterocycles. The summed E-state index contributed by atoms with van der Waals surface area (Å²) in [6.07, 6.45) is 4.65. The first kappa shape index (κ1) is 22.6. The molecule has 1 aliphatic heterocycles. The standard InChI is InChI=1S/C27H31N5OS/c1-17-7-6-8-20(15-17)29-24(33)12-14-31-26(22-16-18(2)32(19(22)3)21-10-11-21)25(30-27(31)34)23-9-4-5-13-28-23/h4-9,13,15-16,21,25-26H,10-12,14H2,1-3H3,(H,29,33)(H,30,34)/t25-,26-/m0/s1. The maximum Gasteiger partial charge on any atom is 0.226 e. The van der Waals surface area contributed by atoms with Crippen molar-refractivity contribution in [2.24, 2.45) is 0 Å². The van der Waals surface area contributed by atoms with Gasteiger partial charge in [-0.2, -0.15) is 0 Å². The van der Waals surface area contributed by atoms with E-state index in [0.717, 1.165) is 16.9 Å². The highest BCUT2D eigenvalue weighted by Crippen LogP contribution is 2.44. The van der Waals surface area contributed by atoms with Crippen molar-refractivity contribution in [2.75, 3.05) is 11.9 Å². The molecule has 0 radical (unpaired) electrons. The van der Waals surface area contributed by atoms with Gasteiger partial charge >= 0.3 is 0 Å². The zero-order chi connectivity index (χ0) is 23.8. The summed E-state index contributed by atoms with van der Waals surface area (Å²) in [5.41, 5.74) is 6.72. The van der Waals surface area contributed by atoms with Gasteiger partial charge in [-0.05, 0) is 87.3 Å². The molecule has 34 heavy (non-hydrogen) atoms. The molecule has 6 nitrogen and oxygen atoms in total. The van der Waals surface area contributed by atoms with Crippen LogP contribution < -0.4 is 10.6 Å². The smallest absolute Gasteiger partial charge is 0.226 e. The van der Waals surface area contributed by atoms with E-state index < -0.39 is 0 Å². The third-order valence-electron chi connectivity index (χ3n) is 6.83. The van der Waals surface area contributed by atoms with E-state index in [0.29, 0.717) is 24.1 Å². The summed E-state index contributed by atoms with van der Waals surface area (Å²) in [6.45, 7) is 6.94. The number of amides is 1. The van der Waals surface area contributed by atoms with Gasteiger partial charge in [-0.1, -0.05) is 18.2 Å². The number of hydrogen-bond acceptors (Lipinski definition) is 3. The highest BCUT2D eigenvalue weighted by molar-refractivity contribution is 7.80. The third kappa shape index (κ3) is 4.44. The monoisotopic (exact) mass is 473 g/mol. The summed E-state index contributed by atoms with van der Waals surface area (Å²) >= 11 is 5.79. The number of anilines is 1. The molecule has 1 saturated carbocycles. The van der Waals surface area contributed by atoms with Gasteiger partial charge in [-0.25, -0.2) is 0 Å². The molecule has 1 saturated heterocycles. The number of carbonyl (C=O) groups is 1. The van der Waals surface area contributed by atoms with Gasteiger partial charge in [0.15, 0.2) is 5.11 Å². The van der Waals surface area contributed by atoms with E-state index in [4.69, 9.17) is 12.2 Å². The summed E-state index contributed by atoms with van der Waals surface area (Å²) in [5.74, 6) is -0.0168. The normalized spacial score (nSPS) is 19.9. The Balaban J connectivity index is 1.41. The molecule has 0 spiro atoms. The Morgan fingerprint density at radius 2 is 1.97 bits per heavy atom. The van der Waals surface area contributed by atoms with Gasteiger partial charge in [0.1, 0.15) is 0 Å². The van der Waals surface area contributed by atoms with Crippen LogP contribution in [0.1, 0.15) is 65.6 Å². The molecule has 0 bridgehead atoms. The zero-order valence-corrected chi connectivity index (χ0v) is 20.7. The molecule has 3 aromatic rings. The predicted octanol–water partition coefficient (Wildman–Crippen LogP) is 5.14. The van der Waals surface area contributed by atoms with Crippen molar-refractivity contribution in [3.63, 3.8) is 0 Å². The van der Waals surface area contributed by atoms with Crippen molar-refractivity contribution in [2.45, 2.75) is 58.2 Å². The van der Waals surface area contributed by atoms with Crippen LogP contribution in [0.15, 0.2) is 54.7 Å². The van der Waals surface area contributed by atoms with E-state index >= 15 is 0 Å². The molecule has 5 rings (SSSR count). The lowest BCUT2D eigenvalue weighted by molar-refractivity contribution is -0.116. The molecular weight excluding hydrogens is 442 g/mol. The fourth-order valence-corrected chi connectivity index (χ4v) is 5.48. The van der Waals surface area contributed by atoms with Crippen molar-refractivity contribution < 1.29 is 4.79 Å². The fourth-order valence-electron chi connectivity index (χ4n) is 5.15. The second-order valence-corrected chi connectivity index (χ2v) is 9.80.